The second kappa shape index (κ2) is 4.05. The minimum atomic E-state index is -1.15. The number of nitrogen functional groups attached to an aromatic ring is 1. The van der Waals surface area contributed by atoms with Gasteiger partial charge in [-0.3, -0.25) is 0 Å². The first kappa shape index (κ1) is 11.1. The highest BCUT2D eigenvalue weighted by Gasteiger charge is 2.15. The highest BCUT2D eigenvalue weighted by atomic mass is 16.4. The molecule has 0 aliphatic carbocycles. The van der Waals surface area contributed by atoms with E-state index in [0.717, 1.165) is 5.56 Å². The zero-order chi connectivity index (χ0) is 13.4. The average Bonchev–Trinajstić information content (AvgIpc) is 2.85. The van der Waals surface area contributed by atoms with Crippen molar-refractivity contribution in [1.29, 1.82) is 0 Å². The number of nitrogens with zero attached hydrogens (tertiary/aromatic N) is 4. The Morgan fingerprint density at radius 2 is 2.00 bits per heavy atom. The summed E-state index contributed by atoms with van der Waals surface area (Å²) >= 11 is 0. The summed E-state index contributed by atoms with van der Waals surface area (Å²) in [5, 5.41) is 13.1. The van der Waals surface area contributed by atoms with E-state index in [1.165, 1.54) is 10.7 Å². The number of rotatable bonds is 2. The molecule has 7 nitrogen and oxygen atoms in total. The van der Waals surface area contributed by atoms with Gasteiger partial charge in [-0.25, -0.2) is 9.78 Å². The average molecular weight is 255 g/mol. The summed E-state index contributed by atoms with van der Waals surface area (Å²) in [6.07, 6.45) is 1.18. The number of fused-ring (bicyclic) bond motifs is 1. The highest BCUT2D eigenvalue weighted by molar-refractivity contribution is 5.92. The van der Waals surface area contributed by atoms with Gasteiger partial charge in [0.2, 0.25) is 0 Å². The summed E-state index contributed by atoms with van der Waals surface area (Å²) < 4.78 is 1.23. The second-order valence-corrected chi connectivity index (χ2v) is 3.88. The summed E-state index contributed by atoms with van der Waals surface area (Å²) in [5.41, 5.74) is 6.46. The van der Waals surface area contributed by atoms with Crippen LogP contribution in [0.15, 0.2) is 36.5 Å². The van der Waals surface area contributed by atoms with Crippen molar-refractivity contribution >= 4 is 17.6 Å². The van der Waals surface area contributed by atoms with E-state index in [1.54, 1.807) is 0 Å². The molecule has 7 heteroatoms. The topological polar surface area (TPSA) is 106 Å². The molecule has 2 aromatic heterocycles. The molecule has 3 N–H and O–H groups in total. The molecule has 0 spiro atoms. The minimum absolute atomic E-state index is 0.00665. The lowest BCUT2D eigenvalue weighted by atomic mass is 10.2. The fraction of sp³-hybridized carbons (Fsp3) is 0. The van der Waals surface area contributed by atoms with Crippen LogP contribution in [-0.4, -0.2) is 30.7 Å². The van der Waals surface area contributed by atoms with E-state index < -0.39 is 5.97 Å². The van der Waals surface area contributed by atoms with E-state index in [-0.39, 0.29) is 17.2 Å². The van der Waals surface area contributed by atoms with Gasteiger partial charge >= 0.3 is 5.97 Å². The molecule has 3 aromatic rings. The van der Waals surface area contributed by atoms with Crippen LogP contribution in [0.25, 0.3) is 17.2 Å². The molecule has 19 heavy (non-hydrogen) atoms. The van der Waals surface area contributed by atoms with Crippen LogP contribution in [0.3, 0.4) is 0 Å². The van der Waals surface area contributed by atoms with Crippen LogP contribution in [0, 0.1) is 0 Å². The Bertz CT molecular complexity index is 766. The van der Waals surface area contributed by atoms with E-state index in [2.05, 4.69) is 15.1 Å². The van der Waals surface area contributed by atoms with Crippen LogP contribution in [0.4, 0.5) is 5.82 Å². The molecular formula is C12H9N5O2. The first-order valence-corrected chi connectivity index (χ1v) is 5.47. The first-order chi connectivity index (χ1) is 9.16. The van der Waals surface area contributed by atoms with Crippen LogP contribution in [0.1, 0.15) is 10.4 Å². The van der Waals surface area contributed by atoms with Gasteiger partial charge in [0.05, 0.1) is 0 Å². The van der Waals surface area contributed by atoms with Crippen molar-refractivity contribution in [3.05, 3.63) is 42.1 Å². The summed E-state index contributed by atoms with van der Waals surface area (Å²) in [5.74, 6) is -0.431. The third kappa shape index (κ3) is 1.77. The monoisotopic (exact) mass is 255 g/mol. The lowest BCUT2D eigenvalue weighted by Crippen LogP contribution is -2.09. The number of carboxylic acid groups (broad SMARTS) is 1. The van der Waals surface area contributed by atoms with Gasteiger partial charge < -0.3 is 10.8 Å². The van der Waals surface area contributed by atoms with Crippen LogP contribution >= 0.6 is 0 Å². The SMILES string of the molecule is Nc1c(C(=O)O)cnc2nc(-c3ccccc3)nn12. The molecule has 0 saturated carbocycles. The number of hydrogen-bond acceptors (Lipinski definition) is 5. The first-order valence-electron chi connectivity index (χ1n) is 5.47. The number of hydrogen-bond donors (Lipinski definition) is 2. The Hall–Kier alpha value is -2.96. The molecule has 0 unspecified atom stereocenters. The third-order valence-electron chi connectivity index (χ3n) is 2.67. The van der Waals surface area contributed by atoms with E-state index in [9.17, 15) is 4.79 Å². The number of benzene rings is 1. The maximum atomic E-state index is 11.0. The van der Waals surface area contributed by atoms with E-state index in [4.69, 9.17) is 10.8 Å². The fourth-order valence-electron chi connectivity index (χ4n) is 1.73. The zero-order valence-corrected chi connectivity index (χ0v) is 9.69. The van der Waals surface area contributed by atoms with Gasteiger partial charge in [0.1, 0.15) is 11.4 Å². The van der Waals surface area contributed by atoms with Crippen molar-refractivity contribution in [2.24, 2.45) is 0 Å². The van der Waals surface area contributed by atoms with Crippen molar-refractivity contribution in [2.75, 3.05) is 5.73 Å². The molecule has 2 heterocycles. The summed E-state index contributed by atoms with van der Waals surface area (Å²) in [6, 6.07) is 9.31. The maximum Gasteiger partial charge on any atom is 0.341 e. The third-order valence-corrected chi connectivity index (χ3v) is 2.67. The Morgan fingerprint density at radius 1 is 1.26 bits per heavy atom. The summed E-state index contributed by atoms with van der Waals surface area (Å²) in [6.45, 7) is 0. The fourth-order valence-corrected chi connectivity index (χ4v) is 1.73. The van der Waals surface area contributed by atoms with Gasteiger partial charge in [-0.1, -0.05) is 30.3 Å². The molecule has 0 amide bonds. The van der Waals surface area contributed by atoms with Crippen LogP contribution in [-0.2, 0) is 0 Å². The van der Waals surface area contributed by atoms with E-state index in [0.29, 0.717) is 5.82 Å². The second-order valence-electron chi connectivity index (χ2n) is 3.88. The Labute approximate surface area is 107 Å². The minimum Gasteiger partial charge on any atom is -0.477 e. The van der Waals surface area contributed by atoms with Crippen molar-refractivity contribution in [2.45, 2.75) is 0 Å². The van der Waals surface area contributed by atoms with Gasteiger partial charge in [0, 0.05) is 11.8 Å². The zero-order valence-electron chi connectivity index (χ0n) is 9.69. The predicted octanol–water partition coefficient (Wildman–Crippen LogP) is 1.07. The standard InChI is InChI=1S/C12H9N5O2/c13-9-8(11(18)19)6-14-12-15-10(16-17(9)12)7-4-2-1-3-5-7/h1-6H,13H2,(H,18,19). The van der Waals surface area contributed by atoms with E-state index in [1.807, 2.05) is 30.3 Å². The van der Waals surface area contributed by atoms with Crippen molar-refractivity contribution in [3.63, 3.8) is 0 Å². The Kier molecular flexibility index (Phi) is 2.38. The van der Waals surface area contributed by atoms with Gasteiger partial charge in [0.25, 0.3) is 5.78 Å². The van der Waals surface area contributed by atoms with Crippen molar-refractivity contribution in [3.8, 4) is 11.4 Å². The number of carboxylic acids is 1. The number of aromatic nitrogens is 4. The van der Waals surface area contributed by atoms with Crippen LogP contribution in [0.2, 0.25) is 0 Å². The van der Waals surface area contributed by atoms with Crippen LogP contribution < -0.4 is 5.73 Å². The molecular weight excluding hydrogens is 246 g/mol. The normalized spacial score (nSPS) is 10.7. The number of aromatic carboxylic acids is 1. The molecule has 0 aliphatic rings. The highest BCUT2D eigenvalue weighted by Crippen LogP contribution is 2.18. The molecule has 0 saturated heterocycles. The van der Waals surface area contributed by atoms with Crippen molar-refractivity contribution in [1.82, 2.24) is 19.6 Å². The number of carbonyl (C=O) groups is 1. The maximum absolute atomic E-state index is 11.0. The molecule has 3 rings (SSSR count). The lowest BCUT2D eigenvalue weighted by Gasteiger charge is -2.00. The quantitative estimate of drug-likeness (QED) is 0.709. The summed E-state index contributed by atoms with van der Waals surface area (Å²) in [7, 11) is 0. The molecule has 0 bridgehead atoms. The van der Waals surface area contributed by atoms with Crippen molar-refractivity contribution < 1.29 is 9.90 Å². The predicted molar refractivity (Wildman–Crippen MR) is 67.6 cm³/mol. The molecule has 0 aliphatic heterocycles. The number of anilines is 1. The lowest BCUT2D eigenvalue weighted by molar-refractivity contribution is 0.0697. The molecule has 1 aromatic carbocycles. The number of nitrogens with two attached hydrogens (primary N) is 1. The van der Waals surface area contributed by atoms with Gasteiger partial charge in [-0.2, -0.15) is 9.50 Å². The smallest absolute Gasteiger partial charge is 0.341 e. The molecule has 0 atom stereocenters. The van der Waals surface area contributed by atoms with Gasteiger partial charge in [-0.15, -0.1) is 5.10 Å². The molecule has 0 radical (unpaired) electrons. The summed E-state index contributed by atoms with van der Waals surface area (Å²) in [4.78, 5) is 19.1. The Balaban J connectivity index is 2.22. The molecule has 0 fully saturated rings. The van der Waals surface area contributed by atoms with Gasteiger partial charge in [0.15, 0.2) is 5.82 Å². The van der Waals surface area contributed by atoms with Gasteiger partial charge in [-0.05, 0) is 0 Å². The van der Waals surface area contributed by atoms with E-state index >= 15 is 0 Å². The van der Waals surface area contributed by atoms with Crippen LogP contribution in [0.5, 0.6) is 0 Å². The Morgan fingerprint density at radius 3 is 2.68 bits per heavy atom. The molecule has 94 valence electrons. The largest absolute Gasteiger partial charge is 0.477 e.